The van der Waals surface area contributed by atoms with Gasteiger partial charge in [-0.15, -0.1) is 0 Å². The standard InChI is InChI=1S/C22H17Cl2NO3/c1-14(28-22(27)20-17(23)11-7-12-18(20)24)21(26)25-19-13-6-5-10-16(19)15-8-3-2-4-9-15/h2-14H,1H3,(H,25,26)/t14-/m1/s1. The molecule has 0 aliphatic heterocycles. The molecule has 0 bridgehead atoms. The third-order valence-corrected chi connectivity index (χ3v) is 4.72. The molecule has 3 aromatic rings. The van der Waals surface area contributed by atoms with Gasteiger partial charge in [0.2, 0.25) is 0 Å². The first-order chi connectivity index (χ1) is 13.5. The van der Waals surface area contributed by atoms with Gasteiger partial charge in [0, 0.05) is 11.3 Å². The molecule has 142 valence electrons. The zero-order chi connectivity index (χ0) is 20.1. The first kappa shape index (κ1) is 19.9. The Morgan fingerprint density at radius 2 is 1.46 bits per heavy atom. The number of benzene rings is 3. The monoisotopic (exact) mass is 413 g/mol. The summed E-state index contributed by atoms with van der Waals surface area (Å²) in [6.07, 6.45) is -1.04. The minimum atomic E-state index is -1.04. The lowest BCUT2D eigenvalue weighted by Crippen LogP contribution is -2.30. The van der Waals surface area contributed by atoms with Crippen molar-refractivity contribution >= 4 is 40.8 Å². The number of halogens is 2. The van der Waals surface area contributed by atoms with Crippen LogP contribution in [0.15, 0.2) is 72.8 Å². The van der Waals surface area contributed by atoms with Gasteiger partial charge in [0.1, 0.15) is 0 Å². The SMILES string of the molecule is C[C@@H](OC(=O)c1c(Cl)cccc1Cl)C(=O)Nc1ccccc1-c1ccccc1. The maximum absolute atomic E-state index is 12.6. The number of anilines is 1. The molecule has 0 radical (unpaired) electrons. The zero-order valence-electron chi connectivity index (χ0n) is 15.0. The van der Waals surface area contributed by atoms with Crippen LogP contribution in [0.5, 0.6) is 0 Å². The van der Waals surface area contributed by atoms with Crippen molar-refractivity contribution in [3.05, 3.63) is 88.4 Å². The van der Waals surface area contributed by atoms with E-state index in [2.05, 4.69) is 5.32 Å². The Bertz CT molecular complexity index is 985. The van der Waals surface area contributed by atoms with Gasteiger partial charge >= 0.3 is 5.97 Å². The van der Waals surface area contributed by atoms with Crippen LogP contribution in [0.1, 0.15) is 17.3 Å². The molecule has 3 rings (SSSR count). The highest BCUT2D eigenvalue weighted by molar-refractivity contribution is 6.39. The first-order valence-electron chi connectivity index (χ1n) is 8.57. The molecule has 0 heterocycles. The largest absolute Gasteiger partial charge is 0.449 e. The van der Waals surface area contributed by atoms with Gasteiger partial charge in [0.05, 0.1) is 15.6 Å². The van der Waals surface area contributed by atoms with Crippen LogP contribution in [0, 0.1) is 0 Å². The van der Waals surface area contributed by atoms with E-state index in [4.69, 9.17) is 27.9 Å². The summed E-state index contributed by atoms with van der Waals surface area (Å²) in [4.78, 5) is 24.9. The van der Waals surface area contributed by atoms with Gasteiger partial charge in [-0.1, -0.05) is 77.8 Å². The number of rotatable bonds is 5. The molecule has 4 nitrogen and oxygen atoms in total. The Kier molecular flexibility index (Phi) is 6.34. The zero-order valence-corrected chi connectivity index (χ0v) is 16.5. The molecule has 0 unspecified atom stereocenters. The van der Waals surface area contributed by atoms with Crippen molar-refractivity contribution in [3.8, 4) is 11.1 Å². The van der Waals surface area contributed by atoms with Gasteiger partial charge in [-0.25, -0.2) is 4.79 Å². The molecular formula is C22H17Cl2NO3. The molecule has 0 aliphatic rings. The second kappa shape index (κ2) is 8.91. The molecular weight excluding hydrogens is 397 g/mol. The van der Waals surface area contributed by atoms with Gasteiger partial charge in [0.25, 0.3) is 5.91 Å². The second-order valence-electron chi connectivity index (χ2n) is 6.05. The quantitative estimate of drug-likeness (QED) is 0.534. The van der Waals surface area contributed by atoms with Gasteiger partial charge < -0.3 is 10.1 Å². The molecule has 0 aromatic heterocycles. The maximum atomic E-state index is 12.6. The lowest BCUT2D eigenvalue weighted by Gasteiger charge is -2.16. The van der Waals surface area contributed by atoms with Crippen LogP contribution in [-0.4, -0.2) is 18.0 Å². The number of hydrogen-bond donors (Lipinski definition) is 1. The number of hydrogen-bond acceptors (Lipinski definition) is 3. The van der Waals surface area contributed by atoms with E-state index in [1.807, 2.05) is 48.5 Å². The predicted molar refractivity (Wildman–Crippen MR) is 112 cm³/mol. The smallest absolute Gasteiger partial charge is 0.341 e. The van der Waals surface area contributed by atoms with Crippen LogP contribution >= 0.6 is 23.2 Å². The predicted octanol–water partition coefficient (Wildman–Crippen LogP) is 5.84. The van der Waals surface area contributed by atoms with Crippen molar-refractivity contribution in [2.45, 2.75) is 13.0 Å². The molecule has 3 aromatic carbocycles. The summed E-state index contributed by atoms with van der Waals surface area (Å²) in [6.45, 7) is 1.49. The Morgan fingerprint density at radius 3 is 2.14 bits per heavy atom. The third-order valence-electron chi connectivity index (χ3n) is 4.09. The molecule has 0 saturated heterocycles. The molecule has 0 saturated carbocycles. The van der Waals surface area contributed by atoms with Crippen molar-refractivity contribution in [3.63, 3.8) is 0 Å². The average Bonchev–Trinajstić information content (AvgIpc) is 2.69. The van der Waals surface area contributed by atoms with Crippen LogP contribution < -0.4 is 5.32 Å². The fraction of sp³-hybridized carbons (Fsp3) is 0.0909. The van der Waals surface area contributed by atoms with Crippen molar-refractivity contribution < 1.29 is 14.3 Å². The summed E-state index contributed by atoms with van der Waals surface area (Å²) in [6, 6.07) is 21.8. The van der Waals surface area contributed by atoms with Gasteiger partial charge in [0.15, 0.2) is 6.10 Å². The fourth-order valence-corrected chi connectivity index (χ4v) is 3.21. The molecule has 1 atom stereocenters. The summed E-state index contributed by atoms with van der Waals surface area (Å²) in [5.41, 5.74) is 2.49. The summed E-state index contributed by atoms with van der Waals surface area (Å²) >= 11 is 12.0. The third kappa shape index (κ3) is 4.53. The summed E-state index contributed by atoms with van der Waals surface area (Å²) in [5, 5.41) is 3.15. The number of carbonyl (C=O) groups excluding carboxylic acids is 2. The Balaban J connectivity index is 1.75. The molecule has 6 heteroatoms. The Labute approximate surface area is 173 Å². The fourth-order valence-electron chi connectivity index (χ4n) is 2.66. The minimum Gasteiger partial charge on any atom is -0.449 e. The first-order valence-corrected chi connectivity index (χ1v) is 9.33. The number of nitrogens with one attached hydrogen (secondary N) is 1. The van der Waals surface area contributed by atoms with Crippen molar-refractivity contribution in [2.75, 3.05) is 5.32 Å². The molecule has 28 heavy (non-hydrogen) atoms. The van der Waals surface area contributed by atoms with E-state index in [0.29, 0.717) is 5.69 Å². The Hall–Kier alpha value is -2.82. The van der Waals surface area contributed by atoms with Crippen LogP contribution in [0.4, 0.5) is 5.69 Å². The molecule has 0 spiro atoms. The van der Waals surface area contributed by atoms with E-state index >= 15 is 0 Å². The highest BCUT2D eigenvalue weighted by atomic mass is 35.5. The summed E-state index contributed by atoms with van der Waals surface area (Å²) < 4.78 is 5.26. The Morgan fingerprint density at radius 1 is 0.857 bits per heavy atom. The van der Waals surface area contributed by atoms with Gasteiger partial charge in [-0.05, 0) is 30.7 Å². The maximum Gasteiger partial charge on any atom is 0.341 e. The highest BCUT2D eigenvalue weighted by Crippen LogP contribution is 2.28. The normalized spacial score (nSPS) is 11.5. The van der Waals surface area contributed by atoms with E-state index in [9.17, 15) is 9.59 Å². The van der Waals surface area contributed by atoms with E-state index in [-0.39, 0.29) is 15.6 Å². The average molecular weight is 414 g/mol. The van der Waals surface area contributed by atoms with E-state index in [0.717, 1.165) is 11.1 Å². The lowest BCUT2D eigenvalue weighted by atomic mass is 10.0. The number of para-hydroxylation sites is 1. The van der Waals surface area contributed by atoms with E-state index in [1.54, 1.807) is 12.1 Å². The minimum absolute atomic E-state index is 0.0372. The van der Waals surface area contributed by atoms with Gasteiger partial charge in [-0.3, -0.25) is 4.79 Å². The number of amides is 1. The van der Waals surface area contributed by atoms with Crippen LogP contribution in [0.3, 0.4) is 0 Å². The molecule has 0 aliphatic carbocycles. The second-order valence-corrected chi connectivity index (χ2v) is 6.86. The van der Waals surface area contributed by atoms with Crippen LogP contribution in [-0.2, 0) is 9.53 Å². The summed E-state index contributed by atoms with van der Waals surface area (Å²) in [7, 11) is 0. The van der Waals surface area contributed by atoms with Gasteiger partial charge in [-0.2, -0.15) is 0 Å². The lowest BCUT2D eigenvalue weighted by molar-refractivity contribution is -0.123. The van der Waals surface area contributed by atoms with Crippen molar-refractivity contribution in [1.29, 1.82) is 0 Å². The summed E-state index contributed by atoms with van der Waals surface area (Å²) in [5.74, 6) is -1.21. The van der Waals surface area contributed by atoms with E-state index < -0.39 is 18.0 Å². The van der Waals surface area contributed by atoms with Crippen molar-refractivity contribution in [2.24, 2.45) is 0 Å². The molecule has 1 amide bonds. The van der Waals surface area contributed by atoms with Crippen molar-refractivity contribution in [1.82, 2.24) is 0 Å². The topological polar surface area (TPSA) is 55.4 Å². The molecule has 0 fully saturated rings. The molecule has 1 N–H and O–H groups in total. The van der Waals surface area contributed by atoms with Crippen LogP contribution in [0.2, 0.25) is 10.0 Å². The number of carbonyl (C=O) groups is 2. The highest BCUT2D eigenvalue weighted by Gasteiger charge is 2.23. The number of esters is 1. The van der Waals surface area contributed by atoms with Crippen LogP contribution in [0.25, 0.3) is 11.1 Å². The van der Waals surface area contributed by atoms with E-state index in [1.165, 1.54) is 19.1 Å². The number of ether oxygens (including phenoxy) is 1.